The summed E-state index contributed by atoms with van der Waals surface area (Å²) in [6.07, 6.45) is -4.44. The van der Waals surface area contributed by atoms with E-state index in [9.17, 15) is 18.0 Å². The molecule has 35 heavy (non-hydrogen) atoms. The third-order valence-electron chi connectivity index (χ3n) is 6.45. The number of carbonyl (C=O) groups is 1. The molecule has 2 aromatic carbocycles. The predicted molar refractivity (Wildman–Crippen MR) is 126 cm³/mol. The number of aromatic nitrogens is 2. The highest BCUT2D eigenvalue weighted by Crippen LogP contribution is 2.32. The summed E-state index contributed by atoms with van der Waals surface area (Å²) >= 11 is 0. The average Bonchev–Trinajstić information content (AvgIpc) is 3.32. The number of halogens is 3. The zero-order valence-corrected chi connectivity index (χ0v) is 19.9. The van der Waals surface area contributed by atoms with Crippen LogP contribution in [0.4, 0.5) is 18.9 Å². The molecule has 1 N–H and O–H groups in total. The van der Waals surface area contributed by atoms with Gasteiger partial charge < -0.3 is 9.84 Å². The van der Waals surface area contributed by atoms with Gasteiger partial charge in [0.15, 0.2) is 0 Å². The minimum atomic E-state index is -4.44. The van der Waals surface area contributed by atoms with Gasteiger partial charge in [-0.2, -0.15) is 18.2 Å². The van der Waals surface area contributed by atoms with Crippen LogP contribution in [-0.4, -0.2) is 58.6 Å². The van der Waals surface area contributed by atoms with Crippen LogP contribution in [0.15, 0.2) is 47.0 Å². The van der Waals surface area contributed by atoms with Crippen LogP contribution in [0, 0.1) is 13.8 Å². The number of nitrogens with one attached hydrogen (secondary N) is 1. The van der Waals surface area contributed by atoms with Crippen molar-refractivity contribution in [1.82, 2.24) is 19.9 Å². The summed E-state index contributed by atoms with van der Waals surface area (Å²) < 4.78 is 44.4. The van der Waals surface area contributed by atoms with E-state index in [-0.39, 0.29) is 23.3 Å². The molecule has 0 saturated carbocycles. The quantitative estimate of drug-likeness (QED) is 0.544. The van der Waals surface area contributed by atoms with Gasteiger partial charge in [0.1, 0.15) is 0 Å². The Morgan fingerprint density at radius 1 is 1.11 bits per heavy atom. The van der Waals surface area contributed by atoms with Crippen molar-refractivity contribution in [3.05, 3.63) is 65.0 Å². The Hall–Kier alpha value is -3.24. The van der Waals surface area contributed by atoms with Gasteiger partial charge in [-0.15, -0.1) is 0 Å². The lowest BCUT2D eigenvalue weighted by Gasteiger charge is -2.36. The van der Waals surface area contributed by atoms with Crippen molar-refractivity contribution in [2.24, 2.45) is 0 Å². The first-order chi connectivity index (χ1) is 16.6. The molecule has 0 aliphatic carbocycles. The van der Waals surface area contributed by atoms with Crippen molar-refractivity contribution >= 4 is 11.6 Å². The molecule has 0 spiro atoms. The third-order valence-corrected chi connectivity index (χ3v) is 6.45. The molecule has 1 aliphatic rings. The van der Waals surface area contributed by atoms with Gasteiger partial charge in [-0.1, -0.05) is 29.4 Å². The topological polar surface area (TPSA) is 74.5 Å². The second-order valence-electron chi connectivity index (χ2n) is 8.82. The Morgan fingerprint density at radius 3 is 2.54 bits per heavy atom. The highest BCUT2D eigenvalue weighted by molar-refractivity contribution is 5.93. The molecule has 1 fully saturated rings. The second-order valence-corrected chi connectivity index (χ2v) is 8.82. The highest BCUT2D eigenvalue weighted by Gasteiger charge is 2.31. The number of alkyl halides is 3. The van der Waals surface area contributed by atoms with Crippen molar-refractivity contribution in [2.75, 3.05) is 38.0 Å². The molecule has 0 unspecified atom stereocenters. The molecule has 1 aromatic heterocycles. The summed E-state index contributed by atoms with van der Waals surface area (Å²) in [4.78, 5) is 21.1. The zero-order chi connectivity index (χ0) is 25.2. The van der Waals surface area contributed by atoms with Gasteiger partial charge in [0.05, 0.1) is 18.2 Å². The maximum atomic E-state index is 13.0. The number of hydrogen-bond donors (Lipinski definition) is 1. The minimum absolute atomic E-state index is 0.0529. The molecule has 186 valence electrons. The van der Waals surface area contributed by atoms with Gasteiger partial charge in [-0.05, 0) is 50.1 Å². The molecule has 0 bridgehead atoms. The summed E-state index contributed by atoms with van der Waals surface area (Å²) in [5.74, 6) is 0.418. The molecule has 1 saturated heterocycles. The maximum absolute atomic E-state index is 13.0. The molecule has 1 atom stereocenters. The van der Waals surface area contributed by atoms with Crippen molar-refractivity contribution in [3.8, 4) is 11.4 Å². The van der Waals surface area contributed by atoms with Crippen LogP contribution in [0.2, 0.25) is 0 Å². The lowest BCUT2D eigenvalue weighted by Crippen LogP contribution is -2.49. The standard InChI is InChI=1S/C25H28F3N5O2/c1-16-6-4-9-21(17(16)2)29-22(34)15-32-10-12-33(13-11-32)18(3)24-30-23(31-35-24)19-7-5-8-20(14-19)25(26,27)28/h4-9,14,18H,10-13,15H2,1-3H3,(H,29,34)/t18-/m1/s1. The Kier molecular flexibility index (Phi) is 7.23. The Bertz CT molecular complexity index is 1190. The largest absolute Gasteiger partial charge is 0.416 e. The Labute approximate surface area is 201 Å². The fraction of sp³-hybridized carbons (Fsp3) is 0.400. The summed E-state index contributed by atoms with van der Waals surface area (Å²) in [5, 5.41) is 6.88. The Morgan fingerprint density at radius 2 is 1.83 bits per heavy atom. The second kappa shape index (κ2) is 10.2. The van der Waals surface area contributed by atoms with E-state index in [0.717, 1.165) is 28.9 Å². The van der Waals surface area contributed by atoms with Gasteiger partial charge >= 0.3 is 6.18 Å². The van der Waals surface area contributed by atoms with Crippen LogP contribution in [0.3, 0.4) is 0 Å². The van der Waals surface area contributed by atoms with Gasteiger partial charge in [-0.25, -0.2) is 0 Å². The van der Waals surface area contributed by atoms with E-state index in [1.807, 2.05) is 39.0 Å². The number of piperazine rings is 1. The number of aryl methyl sites for hydroxylation is 1. The third kappa shape index (κ3) is 5.88. The van der Waals surface area contributed by atoms with Gasteiger partial charge in [0.2, 0.25) is 17.6 Å². The summed E-state index contributed by atoms with van der Waals surface area (Å²) in [6.45, 7) is 9.00. The first kappa shape index (κ1) is 24.9. The van der Waals surface area contributed by atoms with Crippen molar-refractivity contribution in [2.45, 2.75) is 33.0 Å². The SMILES string of the molecule is Cc1cccc(NC(=O)CN2CCN([C@H](C)c3nc(-c4cccc(C(F)(F)F)c4)no3)CC2)c1C. The number of hydrogen-bond acceptors (Lipinski definition) is 6. The van der Waals surface area contributed by atoms with E-state index in [1.165, 1.54) is 12.1 Å². The summed E-state index contributed by atoms with van der Waals surface area (Å²) in [5.41, 5.74) is 2.51. The fourth-order valence-corrected chi connectivity index (χ4v) is 4.10. The van der Waals surface area contributed by atoms with Crippen molar-refractivity contribution in [3.63, 3.8) is 0 Å². The van der Waals surface area contributed by atoms with E-state index in [2.05, 4.69) is 25.3 Å². The fourth-order valence-electron chi connectivity index (χ4n) is 4.10. The lowest BCUT2D eigenvalue weighted by molar-refractivity contribution is -0.137. The first-order valence-electron chi connectivity index (χ1n) is 11.5. The van der Waals surface area contributed by atoms with Crippen LogP contribution in [0.25, 0.3) is 11.4 Å². The van der Waals surface area contributed by atoms with E-state index < -0.39 is 11.7 Å². The van der Waals surface area contributed by atoms with Crippen LogP contribution >= 0.6 is 0 Å². The molecule has 1 aliphatic heterocycles. The van der Waals surface area contributed by atoms with Gasteiger partial charge in [0, 0.05) is 37.4 Å². The van der Waals surface area contributed by atoms with Crippen molar-refractivity contribution < 1.29 is 22.5 Å². The summed E-state index contributed by atoms with van der Waals surface area (Å²) in [6, 6.07) is 10.5. The van der Waals surface area contributed by atoms with Crippen LogP contribution in [-0.2, 0) is 11.0 Å². The Balaban J connectivity index is 1.32. The van der Waals surface area contributed by atoms with E-state index in [1.54, 1.807) is 0 Å². The van der Waals surface area contributed by atoms with Crippen LogP contribution in [0.5, 0.6) is 0 Å². The number of rotatable bonds is 6. The molecule has 7 nitrogen and oxygen atoms in total. The zero-order valence-electron chi connectivity index (χ0n) is 19.9. The van der Waals surface area contributed by atoms with E-state index in [0.29, 0.717) is 38.6 Å². The highest BCUT2D eigenvalue weighted by atomic mass is 19.4. The normalized spacial score (nSPS) is 16.3. The molecule has 1 amide bonds. The van der Waals surface area contributed by atoms with Gasteiger partial charge in [-0.3, -0.25) is 14.6 Å². The molecular formula is C25H28F3N5O2. The number of amides is 1. The lowest BCUT2D eigenvalue weighted by atomic mass is 10.1. The van der Waals surface area contributed by atoms with E-state index in [4.69, 9.17) is 4.52 Å². The monoisotopic (exact) mass is 487 g/mol. The van der Waals surface area contributed by atoms with Gasteiger partial charge in [0.25, 0.3) is 0 Å². The van der Waals surface area contributed by atoms with Crippen LogP contribution in [0.1, 0.15) is 35.5 Å². The molecule has 0 radical (unpaired) electrons. The molecule has 4 rings (SSSR count). The van der Waals surface area contributed by atoms with Crippen LogP contribution < -0.4 is 5.32 Å². The number of anilines is 1. The number of carbonyl (C=O) groups excluding carboxylic acids is 1. The summed E-state index contributed by atoms with van der Waals surface area (Å²) in [7, 11) is 0. The molecule has 2 heterocycles. The average molecular weight is 488 g/mol. The number of benzene rings is 2. The molecule has 10 heteroatoms. The predicted octanol–water partition coefficient (Wildman–Crippen LogP) is 4.69. The molecule has 3 aromatic rings. The van der Waals surface area contributed by atoms with Crippen molar-refractivity contribution in [1.29, 1.82) is 0 Å². The smallest absolute Gasteiger partial charge is 0.337 e. The van der Waals surface area contributed by atoms with E-state index >= 15 is 0 Å². The molecular weight excluding hydrogens is 459 g/mol. The first-order valence-corrected chi connectivity index (χ1v) is 11.5. The maximum Gasteiger partial charge on any atom is 0.416 e. The minimum Gasteiger partial charge on any atom is -0.337 e. The number of nitrogens with zero attached hydrogens (tertiary/aromatic N) is 4.